The van der Waals surface area contributed by atoms with Crippen LogP contribution in [0.1, 0.15) is 26.7 Å². The van der Waals surface area contributed by atoms with Gasteiger partial charge in [0.1, 0.15) is 17.0 Å². The highest BCUT2D eigenvalue weighted by molar-refractivity contribution is 5.32. The highest BCUT2D eigenvalue weighted by atomic mass is 16.5. The van der Waals surface area contributed by atoms with E-state index in [1.54, 1.807) is 6.92 Å². The molecule has 0 spiro atoms. The van der Waals surface area contributed by atoms with Crippen molar-refractivity contribution in [1.82, 2.24) is 0 Å². The van der Waals surface area contributed by atoms with Gasteiger partial charge in [-0.25, -0.2) is 0 Å². The van der Waals surface area contributed by atoms with Crippen LogP contribution in [-0.4, -0.2) is 18.8 Å². The van der Waals surface area contributed by atoms with E-state index in [4.69, 9.17) is 20.5 Å². The van der Waals surface area contributed by atoms with Gasteiger partial charge in [0.05, 0.1) is 19.3 Å². The van der Waals surface area contributed by atoms with Crippen LogP contribution in [0.15, 0.2) is 24.3 Å². The Bertz CT molecular complexity index is 411. The number of ether oxygens (including phenoxy) is 2. The van der Waals surface area contributed by atoms with Gasteiger partial charge in [-0.05, 0) is 38.8 Å². The Morgan fingerprint density at radius 3 is 2.61 bits per heavy atom. The number of nitriles is 1. The minimum absolute atomic E-state index is 0.546. The van der Waals surface area contributed by atoms with Gasteiger partial charge in [0.25, 0.3) is 0 Å². The molecule has 0 heterocycles. The Hall–Kier alpha value is -1.73. The van der Waals surface area contributed by atoms with E-state index in [-0.39, 0.29) is 0 Å². The summed E-state index contributed by atoms with van der Waals surface area (Å²) < 4.78 is 11.0. The summed E-state index contributed by atoms with van der Waals surface area (Å²) in [5.74, 6) is 1.58. The largest absolute Gasteiger partial charge is 0.494 e. The molecule has 0 fully saturated rings. The molecule has 18 heavy (non-hydrogen) atoms. The Morgan fingerprint density at radius 1 is 1.33 bits per heavy atom. The highest BCUT2D eigenvalue weighted by Crippen LogP contribution is 2.19. The second kappa shape index (κ2) is 6.87. The first kappa shape index (κ1) is 14.3. The molecule has 0 aliphatic carbocycles. The number of nitrogens with zero attached hydrogens (tertiary/aromatic N) is 1. The van der Waals surface area contributed by atoms with E-state index in [1.807, 2.05) is 31.2 Å². The molecule has 1 rings (SSSR count). The molecule has 0 saturated heterocycles. The van der Waals surface area contributed by atoms with E-state index >= 15 is 0 Å². The molecular weight excluding hydrogens is 228 g/mol. The summed E-state index contributed by atoms with van der Waals surface area (Å²) in [6.45, 7) is 4.85. The van der Waals surface area contributed by atoms with Gasteiger partial charge >= 0.3 is 0 Å². The zero-order valence-electron chi connectivity index (χ0n) is 11.0. The summed E-state index contributed by atoms with van der Waals surface area (Å²) in [4.78, 5) is 0. The second-order valence-electron chi connectivity index (χ2n) is 4.39. The molecule has 0 aliphatic heterocycles. The van der Waals surface area contributed by atoms with Crippen LogP contribution in [0.3, 0.4) is 0 Å². The van der Waals surface area contributed by atoms with Gasteiger partial charge in [0, 0.05) is 6.07 Å². The number of nitrogens with two attached hydrogens (primary N) is 1. The normalized spacial score (nSPS) is 13.4. The van der Waals surface area contributed by atoms with Crippen LogP contribution < -0.4 is 15.2 Å². The van der Waals surface area contributed by atoms with Crippen LogP contribution in [0.25, 0.3) is 0 Å². The molecule has 1 atom stereocenters. The van der Waals surface area contributed by atoms with E-state index < -0.39 is 5.54 Å². The van der Waals surface area contributed by atoms with Crippen LogP contribution in [0.4, 0.5) is 0 Å². The lowest BCUT2D eigenvalue weighted by Gasteiger charge is -2.15. The summed E-state index contributed by atoms with van der Waals surface area (Å²) in [6.07, 6.45) is 1.37. The first-order chi connectivity index (χ1) is 8.57. The van der Waals surface area contributed by atoms with Crippen molar-refractivity contribution in [2.45, 2.75) is 32.2 Å². The predicted octanol–water partition coefficient (Wildman–Crippen LogP) is 2.49. The van der Waals surface area contributed by atoms with E-state index in [2.05, 4.69) is 6.07 Å². The predicted molar refractivity (Wildman–Crippen MR) is 70.5 cm³/mol. The zero-order valence-corrected chi connectivity index (χ0v) is 11.0. The lowest BCUT2D eigenvalue weighted by molar-refractivity contribution is 0.291. The van der Waals surface area contributed by atoms with E-state index in [0.29, 0.717) is 19.6 Å². The first-order valence-electron chi connectivity index (χ1n) is 6.13. The fourth-order valence-electron chi connectivity index (χ4n) is 1.51. The van der Waals surface area contributed by atoms with Crippen molar-refractivity contribution in [2.75, 3.05) is 13.2 Å². The van der Waals surface area contributed by atoms with Crippen molar-refractivity contribution >= 4 is 0 Å². The highest BCUT2D eigenvalue weighted by Gasteiger charge is 2.16. The monoisotopic (exact) mass is 248 g/mol. The average molecular weight is 248 g/mol. The standard InChI is InChI=1S/C14H20N2O2/c1-3-17-12-6-4-7-13(10-12)18-9-5-8-14(2,16)11-15/h4,6-7,10H,3,5,8-9,16H2,1-2H3. The van der Waals surface area contributed by atoms with Gasteiger partial charge in [0.2, 0.25) is 0 Å². The third-order valence-electron chi connectivity index (χ3n) is 2.48. The zero-order chi connectivity index (χ0) is 13.4. The van der Waals surface area contributed by atoms with Gasteiger partial charge in [-0.2, -0.15) is 5.26 Å². The van der Waals surface area contributed by atoms with Crippen LogP contribution in [0.5, 0.6) is 11.5 Å². The third-order valence-corrected chi connectivity index (χ3v) is 2.48. The molecule has 2 N–H and O–H groups in total. The lowest BCUT2D eigenvalue weighted by Crippen LogP contribution is -2.34. The number of hydrogen-bond acceptors (Lipinski definition) is 4. The van der Waals surface area contributed by atoms with Crippen molar-refractivity contribution in [2.24, 2.45) is 5.73 Å². The van der Waals surface area contributed by atoms with Crippen molar-refractivity contribution < 1.29 is 9.47 Å². The topological polar surface area (TPSA) is 68.3 Å². The summed E-state index contributed by atoms with van der Waals surface area (Å²) in [7, 11) is 0. The molecule has 1 aromatic rings. The number of rotatable bonds is 7. The maximum Gasteiger partial charge on any atom is 0.122 e. The van der Waals surface area contributed by atoms with E-state index in [0.717, 1.165) is 17.9 Å². The second-order valence-corrected chi connectivity index (χ2v) is 4.39. The molecule has 0 radical (unpaired) electrons. The van der Waals surface area contributed by atoms with Gasteiger partial charge in [-0.15, -0.1) is 0 Å². The van der Waals surface area contributed by atoms with Crippen molar-refractivity contribution in [3.63, 3.8) is 0 Å². The number of hydrogen-bond donors (Lipinski definition) is 1. The van der Waals surface area contributed by atoms with Gasteiger partial charge in [0.15, 0.2) is 0 Å². The van der Waals surface area contributed by atoms with E-state index in [9.17, 15) is 0 Å². The quantitative estimate of drug-likeness (QED) is 0.753. The SMILES string of the molecule is CCOc1cccc(OCCCC(C)(N)C#N)c1. The Balaban J connectivity index is 2.36. The van der Waals surface area contributed by atoms with Gasteiger partial charge < -0.3 is 15.2 Å². The smallest absolute Gasteiger partial charge is 0.122 e. The minimum atomic E-state index is -0.767. The van der Waals surface area contributed by atoms with Gasteiger partial charge in [-0.3, -0.25) is 0 Å². The first-order valence-corrected chi connectivity index (χ1v) is 6.13. The third kappa shape index (κ3) is 5.07. The molecule has 0 saturated carbocycles. The van der Waals surface area contributed by atoms with Crippen LogP contribution in [-0.2, 0) is 0 Å². The molecule has 4 heteroatoms. The fourth-order valence-corrected chi connectivity index (χ4v) is 1.51. The van der Waals surface area contributed by atoms with Gasteiger partial charge in [-0.1, -0.05) is 6.07 Å². The van der Waals surface area contributed by atoms with Crippen LogP contribution in [0, 0.1) is 11.3 Å². The van der Waals surface area contributed by atoms with Crippen molar-refractivity contribution in [1.29, 1.82) is 5.26 Å². The Kier molecular flexibility index (Phi) is 5.47. The molecule has 4 nitrogen and oxygen atoms in total. The van der Waals surface area contributed by atoms with Crippen LogP contribution in [0.2, 0.25) is 0 Å². The molecule has 1 unspecified atom stereocenters. The number of benzene rings is 1. The summed E-state index contributed by atoms with van der Waals surface area (Å²) in [6, 6.07) is 9.59. The molecule has 1 aromatic carbocycles. The maximum absolute atomic E-state index is 8.77. The van der Waals surface area contributed by atoms with E-state index in [1.165, 1.54) is 0 Å². The summed E-state index contributed by atoms with van der Waals surface area (Å²) >= 11 is 0. The Morgan fingerprint density at radius 2 is 2.00 bits per heavy atom. The average Bonchev–Trinajstić information content (AvgIpc) is 2.36. The van der Waals surface area contributed by atoms with Crippen molar-refractivity contribution in [3.8, 4) is 17.6 Å². The maximum atomic E-state index is 8.77. The minimum Gasteiger partial charge on any atom is -0.494 e. The lowest BCUT2D eigenvalue weighted by atomic mass is 10.00. The molecule has 0 bridgehead atoms. The summed E-state index contributed by atoms with van der Waals surface area (Å²) in [5.41, 5.74) is 4.96. The van der Waals surface area contributed by atoms with Crippen LogP contribution >= 0.6 is 0 Å². The molecule has 0 amide bonds. The molecule has 98 valence electrons. The van der Waals surface area contributed by atoms with Crippen molar-refractivity contribution in [3.05, 3.63) is 24.3 Å². The molecule has 0 aliphatic rings. The molecular formula is C14H20N2O2. The Labute approximate surface area is 108 Å². The molecule has 0 aromatic heterocycles. The fraction of sp³-hybridized carbons (Fsp3) is 0.500. The summed E-state index contributed by atoms with van der Waals surface area (Å²) in [5, 5.41) is 8.77.